The molecule has 0 aliphatic rings. The van der Waals surface area contributed by atoms with Gasteiger partial charge in [-0.15, -0.1) is 0 Å². The monoisotopic (exact) mass is 177 g/mol. The molecule has 0 spiro atoms. The predicted octanol–water partition coefficient (Wildman–Crippen LogP) is 2.26. The molecule has 0 bridgehead atoms. The molecule has 3 nitrogen and oxygen atoms in total. The van der Waals surface area contributed by atoms with Crippen LogP contribution in [0.3, 0.4) is 0 Å². The molecular formula is C10H13N3. The fourth-order valence-corrected chi connectivity index (χ4v) is 1.08. The zero-order valence-corrected chi connectivity index (χ0v) is 7.97. The van der Waals surface area contributed by atoms with Crippen LogP contribution >= 0.6 is 0 Å². The smallest absolute Gasteiger partial charge is 0.157 e. The van der Waals surface area contributed by atoms with E-state index in [0.717, 1.165) is 0 Å². The molecule has 0 radical (unpaired) electrons. The highest BCUT2D eigenvalue weighted by Crippen LogP contribution is 2.22. The Hall–Kier alpha value is -1.38. The van der Waals surface area contributed by atoms with Gasteiger partial charge in [0, 0.05) is 6.17 Å². The summed E-state index contributed by atoms with van der Waals surface area (Å²) in [7, 11) is 0. The number of imidazole rings is 1. The molecule has 0 unspecified atom stereocenters. The lowest BCUT2D eigenvalue weighted by Crippen LogP contribution is -2.11. The van der Waals surface area contributed by atoms with E-state index in [1.165, 1.54) is 6.33 Å². The van der Waals surface area contributed by atoms with Gasteiger partial charge < -0.3 is 4.98 Å². The Morgan fingerprint density at radius 3 is 2.85 bits per heavy atom. The van der Waals surface area contributed by atoms with Crippen molar-refractivity contribution in [2.75, 3.05) is 0 Å². The first-order chi connectivity index (χ1) is 6.91. The van der Waals surface area contributed by atoms with Crippen molar-refractivity contribution >= 4 is 11.2 Å². The topological polar surface area (TPSA) is 41.6 Å². The quantitative estimate of drug-likeness (QED) is 0.670. The highest BCUT2D eigenvalue weighted by molar-refractivity contribution is 5.70. The van der Waals surface area contributed by atoms with E-state index in [4.69, 9.17) is 2.74 Å². The SMILES string of the molecule is [2H]c1nc2[nH]cnc2c([2H])c1C(C)(C)C. The van der Waals surface area contributed by atoms with Gasteiger partial charge in [-0.3, -0.25) is 0 Å². The normalized spacial score (nSPS) is 14.4. The number of hydrogen-bond donors (Lipinski definition) is 1. The molecule has 0 aliphatic carbocycles. The van der Waals surface area contributed by atoms with E-state index in [0.29, 0.717) is 22.8 Å². The zero-order valence-electron chi connectivity index (χ0n) is 9.97. The minimum atomic E-state index is -0.256. The Bertz CT molecular complexity index is 511. The molecule has 0 saturated carbocycles. The molecular weight excluding hydrogens is 162 g/mol. The summed E-state index contributed by atoms with van der Waals surface area (Å²) < 4.78 is 15.8. The van der Waals surface area contributed by atoms with Gasteiger partial charge in [0.1, 0.15) is 5.52 Å². The van der Waals surface area contributed by atoms with Gasteiger partial charge in [0.25, 0.3) is 0 Å². The van der Waals surface area contributed by atoms with Crippen LogP contribution in [0.5, 0.6) is 0 Å². The second-order valence-corrected chi connectivity index (χ2v) is 4.07. The van der Waals surface area contributed by atoms with Gasteiger partial charge in [-0.25, -0.2) is 9.97 Å². The largest absolute Gasteiger partial charge is 0.329 e. The fourth-order valence-electron chi connectivity index (χ4n) is 1.08. The van der Waals surface area contributed by atoms with Crippen molar-refractivity contribution in [3.63, 3.8) is 0 Å². The summed E-state index contributed by atoms with van der Waals surface area (Å²) >= 11 is 0. The van der Waals surface area contributed by atoms with Crippen molar-refractivity contribution in [3.05, 3.63) is 24.1 Å². The standard InChI is InChI=1S/C10H13N3/c1-10(2,3)7-4-8-9(11-5-7)13-6-12-8/h4-6H,1-3H3,(H,11,12,13)/i4D,5D. The summed E-state index contributed by atoms with van der Waals surface area (Å²) in [4.78, 5) is 11.0. The van der Waals surface area contributed by atoms with E-state index in [-0.39, 0.29) is 11.6 Å². The van der Waals surface area contributed by atoms with Gasteiger partial charge in [0.15, 0.2) is 5.65 Å². The number of H-pyrrole nitrogens is 1. The lowest BCUT2D eigenvalue weighted by atomic mass is 9.88. The first-order valence-electron chi connectivity index (χ1n) is 5.22. The van der Waals surface area contributed by atoms with Gasteiger partial charge in [-0.1, -0.05) is 20.8 Å². The summed E-state index contributed by atoms with van der Waals surface area (Å²) in [5, 5.41) is 0. The Balaban J connectivity index is 2.84. The van der Waals surface area contributed by atoms with Crippen molar-refractivity contribution in [1.29, 1.82) is 0 Å². The number of rotatable bonds is 0. The van der Waals surface area contributed by atoms with E-state index < -0.39 is 0 Å². The van der Waals surface area contributed by atoms with Crippen LogP contribution in [0.25, 0.3) is 11.2 Å². The summed E-state index contributed by atoms with van der Waals surface area (Å²) in [6.07, 6.45) is 1.66. The van der Waals surface area contributed by atoms with E-state index in [1.807, 2.05) is 20.8 Å². The van der Waals surface area contributed by atoms with Crippen LogP contribution in [-0.4, -0.2) is 15.0 Å². The Morgan fingerprint density at radius 2 is 2.15 bits per heavy atom. The van der Waals surface area contributed by atoms with Gasteiger partial charge in [-0.2, -0.15) is 0 Å². The van der Waals surface area contributed by atoms with Gasteiger partial charge >= 0.3 is 0 Å². The molecule has 0 aliphatic heterocycles. The van der Waals surface area contributed by atoms with Crippen molar-refractivity contribution in [2.45, 2.75) is 26.2 Å². The minimum absolute atomic E-state index is 0.157. The number of nitrogens with zero attached hydrogens (tertiary/aromatic N) is 2. The van der Waals surface area contributed by atoms with Gasteiger partial charge in [0.05, 0.1) is 9.07 Å². The molecule has 3 heteroatoms. The van der Waals surface area contributed by atoms with E-state index in [1.54, 1.807) is 0 Å². The molecule has 1 N–H and O–H groups in total. The minimum Gasteiger partial charge on any atom is -0.329 e. The lowest BCUT2D eigenvalue weighted by Gasteiger charge is -2.17. The number of aromatic nitrogens is 3. The average Bonchev–Trinajstić information content (AvgIpc) is 2.48. The predicted molar refractivity (Wildman–Crippen MR) is 52.6 cm³/mol. The van der Waals surface area contributed by atoms with Crippen LogP contribution in [0.4, 0.5) is 0 Å². The van der Waals surface area contributed by atoms with Crippen LogP contribution in [-0.2, 0) is 5.41 Å². The first-order valence-corrected chi connectivity index (χ1v) is 4.22. The molecule has 2 aromatic heterocycles. The summed E-state index contributed by atoms with van der Waals surface area (Å²) in [6.45, 7) is 5.91. The van der Waals surface area contributed by atoms with E-state index in [9.17, 15) is 0 Å². The maximum absolute atomic E-state index is 8.01. The highest BCUT2D eigenvalue weighted by atomic mass is 14.9. The fraction of sp³-hybridized carbons (Fsp3) is 0.400. The Morgan fingerprint density at radius 1 is 1.38 bits per heavy atom. The van der Waals surface area contributed by atoms with Crippen molar-refractivity contribution in [3.8, 4) is 0 Å². The second kappa shape index (κ2) is 2.55. The van der Waals surface area contributed by atoms with Crippen LogP contribution < -0.4 is 0 Å². The maximum atomic E-state index is 8.01. The van der Waals surface area contributed by atoms with Gasteiger partial charge in [0.2, 0.25) is 0 Å². The van der Waals surface area contributed by atoms with Crippen LogP contribution in [0.1, 0.15) is 29.1 Å². The summed E-state index contributed by atoms with van der Waals surface area (Å²) in [5.74, 6) is 0. The first kappa shape index (κ1) is 6.13. The molecule has 0 atom stereocenters. The molecule has 0 aromatic carbocycles. The molecule has 0 saturated heterocycles. The maximum Gasteiger partial charge on any atom is 0.157 e. The van der Waals surface area contributed by atoms with Gasteiger partial charge in [-0.05, 0) is 17.0 Å². The van der Waals surface area contributed by atoms with E-state index >= 15 is 0 Å². The molecule has 2 aromatic rings. The molecule has 68 valence electrons. The van der Waals surface area contributed by atoms with Crippen LogP contribution in [0.2, 0.25) is 0 Å². The third-order valence-electron chi connectivity index (χ3n) is 1.89. The molecule has 13 heavy (non-hydrogen) atoms. The second-order valence-electron chi connectivity index (χ2n) is 4.07. The number of nitrogens with one attached hydrogen (secondary N) is 1. The number of hydrogen-bond acceptors (Lipinski definition) is 2. The lowest BCUT2D eigenvalue weighted by molar-refractivity contribution is 0.588. The highest BCUT2D eigenvalue weighted by Gasteiger charge is 2.14. The Labute approximate surface area is 80.0 Å². The van der Waals surface area contributed by atoms with Crippen molar-refractivity contribution in [2.24, 2.45) is 0 Å². The zero-order chi connectivity index (χ0) is 11.2. The molecule has 2 rings (SSSR count). The third-order valence-corrected chi connectivity index (χ3v) is 1.89. The third kappa shape index (κ3) is 1.41. The molecule has 0 amide bonds. The van der Waals surface area contributed by atoms with Crippen LogP contribution in [0.15, 0.2) is 18.5 Å². The summed E-state index contributed by atoms with van der Waals surface area (Å²) in [5.41, 5.74) is 1.44. The van der Waals surface area contributed by atoms with Crippen molar-refractivity contribution < 1.29 is 2.74 Å². The summed E-state index contributed by atoms with van der Waals surface area (Å²) in [6, 6.07) is 0.304. The average molecular weight is 177 g/mol. The van der Waals surface area contributed by atoms with E-state index in [2.05, 4.69) is 15.0 Å². The molecule has 2 heterocycles. The molecule has 0 fully saturated rings. The number of fused-ring (bicyclic) bond motifs is 1. The Kier molecular flexibility index (Phi) is 1.20. The number of pyridine rings is 1. The van der Waals surface area contributed by atoms with Crippen LogP contribution in [0, 0.1) is 0 Å². The van der Waals surface area contributed by atoms with Crippen molar-refractivity contribution in [1.82, 2.24) is 15.0 Å². The number of aromatic amines is 1.